The lowest BCUT2D eigenvalue weighted by atomic mass is 10.00. The highest BCUT2D eigenvalue weighted by Gasteiger charge is 2.15. The van der Waals surface area contributed by atoms with Gasteiger partial charge in [-0.1, -0.05) is 55.8 Å². The average molecular weight is 342 g/mol. The lowest BCUT2D eigenvalue weighted by molar-refractivity contribution is 0.114. The maximum atomic E-state index is 10.6. The molecule has 0 radical (unpaired) electrons. The minimum absolute atomic E-state index is 0. The molecule has 0 aliphatic rings. The lowest BCUT2D eigenvalue weighted by Crippen LogP contribution is -2.30. The maximum Gasteiger partial charge on any atom is 0.0922 e. The van der Waals surface area contributed by atoms with Crippen LogP contribution in [0.3, 0.4) is 0 Å². The normalized spacial score (nSPS) is 12.4. The average Bonchev–Trinajstić information content (AvgIpc) is 2.48. The summed E-state index contributed by atoms with van der Waals surface area (Å²) in [4.78, 5) is 2.33. The van der Waals surface area contributed by atoms with E-state index in [0.29, 0.717) is 6.54 Å². The highest BCUT2D eigenvalue weighted by molar-refractivity contribution is 6.35. The molecule has 2 aromatic rings. The van der Waals surface area contributed by atoms with Gasteiger partial charge in [-0.3, -0.25) is 0 Å². The van der Waals surface area contributed by atoms with E-state index in [1.807, 2.05) is 36.4 Å². The third kappa shape index (κ3) is 4.60. The van der Waals surface area contributed by atoms with Crippen molar-refractivity contribution in [1.82, 2.24) is 4.90 Å². The molecule has 0 aliphatic carbocycles. The Morgan fingerprint density at radius 3 is 2.18 bits per heavy atom. The Kier molecular flexibility index (Phi) is 8.19. The summed E-state index contributed by atoms with van der Waals surface area (Å²) in [6, 6.07) is 11.8. The molecule has 0 amide bonds. The number of rotatable bonds is 7. The predicted octanol–water partition coefficient (Wildman–Crippen LogP) is 5.07. The van der Waals surface area contributed by atoms with Gasteiger partial charge >= 0.3 is 0 Å². The topological polar surface area (TPSA) is 23.5 Å². The van der Waals surface area contributed by atoms with Gasteiger partial charge in [0, 0.05) is 17.0 Å². The van der Waals surface area contributed by atoms with E-state index in [4.69, 9.17) is 11.6 Å². The largest absolute Gasteiger partial charge is 0.387 e. The van der Waals surface area contributed by atoms with Crippen molar-refractivity contribution in [1.29, 1.82) is 0 Å². The van der Waals surface area contributed by atoms with Crippen molar-refractivity contribution >= 4 is 34.8 Å². The monoisotopic (exact) mass is 341 g/mol. The van der Waals surface area contributed by atoms with Crippen LogP contribution in [-0.4, -0.2) is 29.6 Å². The Bertz CT molecular complexity index is 582. The molecule has 122 valence electrons. The molecule has 0 fully saturated rings. The van der Waals surface area contributed by atoms with Gasteiger partial charge in [-0.2, -0.15) is 0 Å². The van der Waals surface area contributed by atoms with E-state index in [1.54, 1.807) is 0 Å². The summed E-state index contributed by atoms with van der Waals surface area (Å²) >= 11 is 6.25. The maximum absolute atomic E-state index is 10.6. The van der Waals surface area contributed by atoms with E-state index >= 15 is 0 Å². The van der Waals surface area contributed by atoms with Crippen molar-refractivity contribution in [3.05, 3.63) is 47.0 Å². The van der Waals surface area contributed by atoms with Crippen molar-refractivity contribution in [2.75, 3.05) is 19.6 Å². The first-order valence-electron chi connectivity index (χ1n) is 7.75. The summed E-state index contributed by atoms with van der Waals surface area (Å²) in [5.41, 5.74) is 0.965. The number of hydrogen-bond acceptors (Lipinski definition) is 2. The van der Waals surface area contributed by atoms with E-state index in [0.717, 1.165) is 47.3 Å². The van der Waals surface area contributed by atoms with Gasteiger partial charge in [0.05, 0.1) is 6.10 Å². The standard InChI is InChI=1S/C18H24ClNO.ClH/c1-3-11-20(12-4-2)13-18(21)16-9-10-17(19)15-8-6-5-7-14(15)16;/h5-10,18,21H,3-4,11-13H2,1-2H3;1H. The lowest BCUT2D eigenvalue weighted by Gasteiger charge is -2.25. The fourth-order valence-corrected chi connectivity index (χ4v) is 3.07. The molecule has 0 heterocycles. The Labute approximate surface area is 144 Å². The number of nitrogens with zero attached hydrogens (tertiary/aromatic N) is 1. The zero-order valence-electron chi connectivity index (χ0n) is 13.3. The smallest absolute Gasteiger partial charge is 0.0922 e. The molecular formula is C18H25Cl2NO. The third-order valence-electron chi connectivity index (χ3n) is 3.77. The van der Waals surface area contributed by atoms with Crippen LogP contribution < -0.4 is 0 Å². The summed E-state index contributed by atoms with van der Waals surface area (Å²) in [7, 11) is 0. The van der Waals surface area contributed by atoms with Gasteiger partial charge in [0.15, 0.2) is 0 Å². The quantitative estimate of drug-likeness (QED) is 0.759. The van der Waals surface area contributed by atoms with Crippen molar-refractivity contribution in [2.45, 2.75) is 32.8 Å². The van der Waals surface area contributed by atoms with Crippen molar-refractivity contribution in [3.8, 4) is 0 Å². The van der Waals surface area contributed by atoms with Gasteiger partial charge in [-0.25, -0.2) is 0 Å². The van der Waals surface area contributed by atoms with E-state index in [9.17, 15) is 5.11 Å². The second kappa shape index (κ2) is 9.36. The second-order valence-corrected chi connectivity index (χ2v) is 5.91. The molecule has 0 aromatic heterocycles. The van der Waals surface area contributed by atoms with Gasteiger partial charge in [0.25, 0.3) is 0 Å². The first-order chi connectivity index (χ1) is 10.2. The van der Waals surface area contributed by atoms with Crippen molar-refractivity contribution in [2.24, 2.45) is 0 Å². The van der Waals surface area contributed by atoms with Gasteiger partial charge < -0.3 is 10.0 Å². The molecule has 4 heteroatoms. The first kappa shape index (κ1) is 19.2. The number of halogens is 2. The van der Waals surface area contributed by atoms with E-state index in [1.165, 1.54) is 0 Å². The molecule has 1 atom stereocenters. The van der Waals surface area contributed by atoms with E-state index < -0.39 is 6.10 Å². The fraction of sp³-hybridized carbons (Fsp3) is 0.444. The number of aliphatic hydroxyl groups is 1. The van der Waals surface area contributed by atoms with Crippen LogP contribution in [0.2, 0.25) is 5.02 Å². The second-order valence-electron chi connectivity index (χ2n) is 5.50. The Hall–Kier alpha value is -0.800. The van der Waals surface area contributed by atoms with Crippen LogP contribution >= 0.6 is 24.0 Å². The van der Waals surface area contributed by atoms with Gasteiger partial charge in [-0.15, -0.1) is 12.4 Å². The van der Waals surface area contributed by atoms with Gasteiger partial charge in [0.1, 0.15) is 0 Å². The third-order valence-corrected chi connectivity index (χ3v) is 4.10. The van der Waals surface area contributed by atoms with Crippen LogP contribution in [0.25, 0.3) is 10.8 Å². The van der Waals surface area contributed by atoms with Crippen LogP contribution in [0, 0.1) is 0 Å². The molecule has 22 heavy (non-hydrogen) atoms. The van der Waals surface area contributed by atoms with Crippen molar-refractivity contribution < 1.29 is 5.11 Å². The summed E-state index contributed by atoms with van der Waals surface area (Å²) in [5.74, 6) is 0. The number of fused-ring (bicyclic) bond motifs is 1. The van der Waals surface area contributed by atoms with Crippen LogP contribution in [0.4, 0.5) is 0 Å². The number of hydrogen-bond donors (Lipinski definition) is 1. The molecule has 0 aliphatic heterocycles. The summed E-state index contributed by atoms with van der Waals surface area (Å²) < 4.78 is 0. The SMILES string of the molecule is CCCN(CCC)CC(O)c1ccc(Cl)c2ccccc12.Cl. The molecule has 1 N–H and O–H groups in total. The van der Waals surface area contributed by atoms with Crippen LogP contribution in [-0.2, 0) is 0 Å². The summed E-state index contributed by atoms with van der Waals surface area (Å²) in [6.45, 7) is 7.07. The Morgan fingerprint density at radius 2 is 1.59 bits per heavy atom. The van der Waals surface area contributed by atoms with Crippen molar-refractivity contribution in [3.63, 3.8) is 0 Å². The molecule has 0 saturated carbocycles. The first-order valence-corrected chi connectivity index (χ1v) is 8.12. The molecule has 1 unspecified atom stereocenters. The highest BCUT2D eigenvalue weighted by Crippen LogP contribution is 2.30. The molecule has 0 spiro atoms. The Balaban J connectivity index is 0.00000242. The van der Waals surface area contributed by atoms with E-state index in [2.05, 4.69) is 18.7 Å². The molecule has 2 nitrogen and oxygen atoms in total. The molecule has 0 saturated heterocycles. The summed E-state index contributed by atoms with van der Waals surface area (Å²) in [6.07, 6.45) is 1.73. The molecule has 2 rings (SSSR count). The van der Waals surface area contributed by atoms with Gasteiger partial charge in [0.2, 0.25) is 0 Å². The minimum atomic E-state index is -0.481. The van der Waals surface area contributed by atoms with Crippen LogP contribution in [0.15, 0.2) is 36.4 Å². The Morgan fingerprint density at radius 1 is 1.00 bits per heavy atom. The van der Waals surface area contributed by atoms with E-state index in [-0.39, 0.29) is 12.4 Å². The summed E-state index contributed by atoms with van der Waals surface area (Å²) in [5, 5.41) is 13.4. The van der Waals surface area contributed by atoms with Crippen LogP contribution in [0.5, 0.6) is 0 Å². The van der Waals surface area contributed by atoms with Crippen LogP contribution in [0.1, 0.15) is 38.4 Å². The molecule has 2 aromatic carbocycles. The zero-order chi connectivity index (χ0) is 15.2. The number of benzene rings is 2. The predicted molar refractivity (Wildman–Crippen MR) is 98.2 cm³/mol. The highest BCUT2D eigenvalue weighted by atomic mass is 35.5. The molecular weight excluding hydrogens is 317 g/mol. The fourth-order valence-electron chi connectivity index (χ4n) is 2.85. The zero-order valence-corrected chi connectivity index (χ0v) is 14.8. The minimum Gasteiger partial charge on any atom is -0.387 e. The van der Waals surface area contributed by atoms with Gasteiger partial charge in [-0.05, 0) is 42.9 Å². The molecule has 0 bridgehead atoms. The number of aliphatic hydroxyl groups excluding tert-OH is 1.